The van der Waals surface area contributed by atoms with Crippen LogP contribution in [0.25, 0.3) is 0 Å². The molecule has 0 saturated carbocycles. The third kappa shape index (κ3) is 17.2. The first-order valence-electron chi connectivity index (χ1n) is 12.7. The van der Waals surface area contributed by atoms with E-state index in [2.05, 4.69) is 63.1 Å². The van der Waals surface area contributed by atoms with Gasteiger partial charge in [-0.05, 0) is 0 Å². The molecule has 0 saturated heterocycles. The standard InChI is InChI=1S/5C6HClF3S.5FH/c5*7-4-2(8)1-3(9)6(11)5(4)10;;;;;/h5*1H;5*1H. The Morgan fingerprint density at radius 3 is 0.433 bits per heavy atom. The van der Waals surface area contributed by atoms with Gasteiger partial charge in [0, 0.05) is 30.3 Å². The average molecular weight is 1090 g/mol. The minimum Gasteiger partial charge on any atom is -0.269 e. The highest BCUT2D eigenvalue weighted by molar-refractivity contribution is 7.81. The van der Waals surface area contributed by atoms with Gasteiger partial charge in [-0.25, -0.2) is 65.9 Å². The van der Waals surface area contributed by atoms with Crippen molar-refractivity contribution in [1.29, 1.82) is 0 Å². The van der Waals surface area contributed by atoms with Gasteiger partial charge < -0.3 is 0 Å². The Hall–Kier alpha value is -2.75. The molecule has 0 aromatic heterocycles. The third-order valence-electron chi connectivity index (χ3n) is 5.36. The number of hydrogen-bond donors (Lipinski definition) is 0. The van der Waals surface area contributed by atoms with Gasteiger partial charge >= 0.3 is 0 Å². The van der Waals surface area contributed by atoms with Crippen LogP contribution in [0.1, 0.15) is 0 Å². The number of rotatable bonds is 0. The summed E-state index contributed by atoms with van der Waals surface area (Å²) in [5.41, 5.74) is 0. The van der Waals surface area contributed by atoms with E-state index in [1.165, 1.54) is 0 Å². The van der Waals surface area contributed by atoms with Crippen LogP contribution in [0.2, 0.25) is 25.1 Å². The fraction of sp³-hybridized carbons (Fsp3) is 0. The second-order valence-corrected chi connectivity index (χ2v) is 12.9. The van der Waals surface area contributed by atoms with Crippen molar-refractivity contribution in [2.45, 2.75) is 24.5 Å². The van der Waals surface area contributed by atoms with Crippen molar-refractivity contribution >= 4 is 121 Å². The first-order valence-corrected chi connectivity index (χ1v) is 16.6. The van der Waals surface area contributed by atoms with Gasteiger partial charge in [0.05, 0.1) is 0 Å². The zero-order chi connectivity index (χ0) is 43.0. The molecule has 0 nitrogen and oxygen atoms in total. The van der Waals surface area contributed by atoms with Gasteiger partial charge in [0.15, 0.2) is 29.1 Å². The topological polar surface area (TPSA) is 0 Å². The van der Waals surface area contributed by atoms with Gasteiger partial charge in [-0.15, -0.1) is 0 Å². The molecule has 5 aromatic carbocycles. The van der Waals surface area contributed by atoms with Crippen LogP contribution in [0.3, 0.4) is 0 Å². The van der Waals surface area contributed by atoms with E-state index < -0.39 is 137 Å². The molecule has 0 aliphatic rings. The highest BCUT2D eigenvalue weighted by Gasteiger charge is 2.18. The van der Waals surface area contributed by atoms with Crippen LogP contribution < -0.4 is 0 Å². The molecule has 0 heterocycles. The molecular weight excluding hydrogens is 1080 g/mol. The summed E-state index contributed by atoms with van der Waals surface area (Å²) in [6.45, 7) is 0. The van der Waals surface area contributed by atoms with E-state index in [1.54, 1.807) is 0 Å². The molecule has 0 atom stereocenters. The Labute approximate surface area is 375 Å². The van der Waals surface area contributed by atoms with E-state index in [0.29, 0.717) is 30.3 Å². The lowest BCUT2D eigenvalue weighted by Gasteiger charge is -1.98. The monoisotopic (exact) mass is 1080 g/mol. The van der Waals surface area contributed by atoms with E-state index in [9.17, 15) is 65.9 Å². The summed E-state index contributed by atoms with van der Waals surface area (Å²) >= 11 is 46.6. The van der Waals surface area contributed by atoms with Crippen LogP contribution in [-0.2, 0) is 0 Å². The molecule has 335 valence electrons. The van der Waals surface area contributed by atoms with Crippen molar-refractivity contribution in [2.75, 3.05) is 0 Å². The Bertz CT molecular complexity index is 1740. The summed E-state index contributed by atoms with van der Waals surface area (Å²) in [6.07, 6.45) is 0. The van der Waals surface area contributed by atoms with Gasteiger partial charge in [0.2, 0.25) is 0 Å². The number of hydrogen-bond acceptors (Lipinski definition) is 0. The molecule has 0 spiro atoms. The van der Waals surface area contributed by atoms with Gasteiger partial charge in [0.25, 0.3) is 0 Å². The van der Waals surface area contributed by atoms with Gasteiger partial charge in [-0.2, -0.15) is 0 Å². The van der Waals surface area contributed by atoms with Crippen LogP contribution in [0.4, 0.5) is 89.4 Å². The smallest absolute Gasteiger partial charge is 0.165 e. The highest BCUT2D eigenvalue weighted by atomic mass is 35.5. The number of halogens is 25. The van der Waals surface area contributed by atoms with Gasteiger partial charge in [0.1, 0.15) is 108 Å². The normalized spacial score (nSPS) is 9.33. The quantitative estimate of drug-likeness (QED) is 0.0824. The molecule has 5 radical (unpaired) electrons. The molecule has 30 heteroatoms. The SMILES string of the molecule is F.F.F.F.F.Fc1cc(F)c(Cl)c(F)c1[S].Fc1cc(F)c(Cl)c(F)c1[S].Fc1cc(F)c(Cl)c(F)c1[S].Fc1cc(F)c(Cl)c(F)c1[S].Fc1cc(F)c(Cl)c(F)c1[S]. The maximum atomic E-state index is 12.5. The van der Waals surface area contributed by atoms with E-state index in [4.69, 9.17) is 58.0 Å². The fourth-order valence-corrected chi connectivity index (χ4v) is 4.58. The van der Waals surface area contributed by atoms with Crippen LogP contribution in [0, 0.1) is 87.3 Å². The molecule has 0 amide bonds. The zero-order valence-electron chi connectivity index (χ0n) is 27.0. The van der Waals surface area contributed by atoms with Crippen molar-refractivity contribution in [3.8, 4) is 0 Å². The van der Waals surface area contributed by atoms with Crippen molar-refractivity contribution in [3.63, 3.8) is 0 Å². The summed E-state index contributed by atoms with van der Waals surface area (Å²) in [5.74, 6) is -17.4. The summed E-state index contributed by atoms with van der Waals surface area (Å²) in [5, 5.41) is -3.84. The molecule has 0 unspecified atom stereocenters. The molecule has 0 bridgehead atoms. The van der Waals surface area contributed by atoms with E-state index in [0.717, 1.165) is 0 Å². The largest absolute Gasteiger partial charge is 0.269 e. The molecule has 5 aromatic rings. The first-order chi connectivity index (χ1) is 25.2. The average Bonchev–Trinajstić information content (AvgIpc) is 3.14. The molecule has 0 aliphatic carbocycles. The predicted molar refractivity (Wildman–Crippen MR) is 198 cm³/mol. The van der Waals surface area contributed by atoms with E-state index in [-0.39, 0.29) is 23.5 Å². The highest BCUT2D eigenvalue weighted by Crippen LogP contribution is 2.30. The summed E-state index contributed by atoms with van der Waals surface area (Å²) in [4.78, 5) is -3.42. The third-order valence-corrected chi connectivity index (χ3v) is 8.96. The maximum absolute atomic E-state index is 12.5. The molecule has 60 heavy (non-hydrogen) atoms. The van der Waals surface area contributed by atoms with Gasteiger partial charge in [-0.1, -0.05) is 121 Å². The minimum absolute atomic E-state index is 0. The lowest BCUT2D eigenvalue weighted by molar-refractivity contribution is 0.511. The van der Waals surface area contributed by atoms with Crippen molar-refractivity contribution in [3.05, 3.63) is 143 Å². The Kier molecular flexibility index (Phi) is 31.8. The van der Waals surface area contributed by atoms with E-state index >= 15 is 0 Å². The Morgan fingerprint density at radius 2 is 0.333 bits per heavy atom. The first kappa shape index (κ1) is 66.4. The predicted octanol–water partition coefficient (Wildman–Crippen LogP) is 17.3. The molecule has 0 aliphatic heterocycles. The lowest BCUT2D eigenvalue weighted by atomic mass is 10.3. The van der Waals surface area contributed by atoms with Crippen LogP contribution >= 0.6 is 121 Å². The molecule has 0 fully saturated rings. The molecule has 0 N–H and O–H groups in total. The summed E-state index contributed by atoms with van der Waals surface area (Å²) in [6, 6.07) is 2.26. The molecular formula is C30H10Cl5F20S5. The Morgan fingerprint density at radius 1 is 0.233 bits per heavy atom. The molecule has 5 rings (SSSR count). The zero-order valence-corrected chi connectivity index (χ0v) is 34.9. The van der Waals surface area contributed by atoms with Crippen molar-refractivity contribution in [1.82, 2.24) is 0 Å². The van der Waals surface area contributed by atoms with Crippen LogP contribution in [0.15, 0.2) is 54.8 Å². The van der Waals surface area contributed by atoms with Crippen LogP contribution in [0.5, 0.6) is 0 Å². The maximum Gasteiger partial charge on any atom is 0.165 e. The second-order valence-electron chi connectivity index (χ2n) is 8.99. The van der Waals surface area contributed by atoms with Crippen LogP contribution in [-0.4, -0.2) is 0 Å². The summed E-state index contributed by atoms with van der Waals surface area (Å²) < 4.78 is 186. The van der Waals surface area contributed by atoms with E-state index in [1.807, 2.05) is 0 Å². The Balaban J connectivity index is -0.000000206. The minimum atomic E-state index is -1.22. The van der Waals surface area contributed by atoms with Gasteiger partial charge in [-0.3, -0.25) is 23.5 Å². The second kappa shape index (κ2) is 28.8. The lowest BCUT2D eigenvalue weighted by Crippen LogP contribution is -1.90. The fourth-order valence-electron chi connectivity index (χ4n) is 2.75. The summed E-state index contributed by atoms with van der Waals surface area (Å²) in [7, 11) is 0. The van der Waals surface area contributed by atoms with Crippen molar-refractivity contribution < 1.29 is 89.4 Å². The number of benzene rings is 5. The van der Waals surface area contributed by atoms with Crippen molar-refractivity contribution in [2.24, 2.45) is 0 Å².